The van der Waals surface area contributed by atoms with Crippen LogP contribution in [0.2, 0.25) is 10.0 Å². The van der Waals surface area contributed by atoms with E-state index in [0.29, 0.717) is 36.2 Å². The molecule has 35 heavy (non-hydrogen) atoms. The monoisotopic (exact) mass is 522 g/mol. The molecule has 1 aromatic heterocycles. The quantitative estimate of drug-likeness (QED) is 0.343. The number of carbonyl (C=O) groups excluding carboxylic acids is 1. The highest BCUT2D eigenvalue weighted by atomic mass is 35.5. The third-order valence-corrected chi connectivity index (χ3v) is 7.43. The van der Waals surface area contributed by atoms with E-state index >= 15 is 0 Å². The highest BCUT2D eigenvalue weighted by molar-refractivity contribution is 7.07. The van der Waals surface area contributed by atoms with Crippen LogP contribution in [0, 0.1) is 0 Å². The van der Waals surface area contributed by atoms with Gasteiger partial charge in [0.2, 0.25) is 0 Å². The zero-order chi connectivity index (χ0) is 24.7. The average molecular weight is 523 g/mol. The number of carbonyl (C=O) groups is 1. The maximum atomic E-state index is 13.8. The van der Waals surface area contributed by atoms with Gasteiger partial charge in [0.25, 0.3) is 5.56 Å². The average Bonchev–Trinajstić information content (AvgIpc) is 3.14. The molecule has 176 valence electrons. The molecule has 8 heteroatoms. The van der Waals surface area contributed by atoms with Crippen LogP contribution in [0.5, 0.6) is 0 Å². The van der Waals surface area contributed by atoms with Crippen LogP contribution in [0.4, 0.5) is 0 Å². The zero-order valence-corrected chi connectivity index (χ0v) is 21.2. The van der Waals surface area contributed by atoms with Crippen LogP contribution in [0.25, 0.3) is 16.8 Å². The smallest absolute Gasteiger partial charge is 0.338 e. The van der Waals surface area contributed by atoms with Crippen molar-refractivity contribution in [2.75, 3.05) is 6.61 Å². The van der Waals surface area contributed by atoms with Crippen LogP contribution in [0.15, 0.2) is 81.7 Å². The van der Waals surface area contributed by atoms with Crippen LogP contribution in [0.1, 0.15) is 31.0 Å². The first-order valence-electron chi connectivity index (χ1n) is 11.0. The molecule has 1 aliphatic rings. The molecule has 2 heterocycles. The fraction of sp³-hybridized carbons (Fsp3) is 0.148. The van der Waals surface area contributed by atoms with Gasteiger partial charge in [0, 0.05) is 10.0 Å². The first-order valence-corrected chi connectivity index (χ1v) is 12.6. The van der Waals surface area contributed by atoms with Crippen molar-refractivity contribution < 1.29 is 9.53 Å². The second-order valence-electron chi connectivity index (χ2n) is 8.04. The van der Waals surface area contributed by atoms with Crippen molar-refractivity contribution in [1.29, 1.82) is 0 Å². The van der Waals surface area contributed by atoms with Crippen molar-refractivity contribution in [3.63, 3.8) is 0 Å². The van der Waals surface area contributed by atoms with Crippen molar-refractivity contribution in [3.8, 4) is 0 Å². The summed E-state index contributed by atoms with van der Waals surface area (Å²) in [5.41, 5.74) is 2.12. The molecular weight excluding hydrogens is 503 g/mol. The third kappa shape index (κ3) is 4.22. The standard InChI is InChI=1S/C27H20Cl2N2O3S/c1-3-34-26(33)23-15(2)30-27-31(24(23)20-10-6-8-16-7-4-5-9-19(16)20)25(32)22(35-27)13-17-11-12-18(28)14-21(17)29/h4-14,24H,3H2,1-2H3/b22-13-/t24-/m0/s1. The van der Waals surface area contributed by atoms with Gasteiger partial charge < -0.3 is 4.74 Å². The number of benzene rings is 3. The fourth-order valence-corrected chi connectivity index (χ4v) is 5.84. The van der Waals surface area contributed by atoms with Crippen molar-refractivity contribution in [2.45, 2.75) is 19.9 Å². The van der Waals surface area contributed by atoms with Crippen molar-refractivity contribution in [3.05, 3.63) is 113 Å². The molecule has 1 atom stereocenters. The van der Waals surface area contributed by atoms with Gasteiger partial charge >= 0.3 is 5.97 Å². The highest BCUT2D eigenvalue weighted by Crippen LogP contribution is 2.34. The van der Waals surface area contributed by atoms with Crippen molar-refractivity contribution >= 4 is 57.4 Å². The molecule has 0 amide bonds. The zero-order valence-electron chi connectivity index (χ0n) is 18.9. The lowest BCUT2D eigenvalue weighted by Gasteiger charge is -2.25. The lowest BCUT2D eigenvalue weighted by Crippen LogP contribution is -2.40. The Labute approximate surface area is 215 Å². The topological polar surface area (TPSA) is 60.7 Å². The van der Waals surface area contributed by atoms with E-state index in [-0.39, 0.29) is 12.2 Å². The minimum atomic E-state index is -0.681. The predicted octanol–water partition coefficient (Wildman–Crippen LogP) is 5.26. The lowest BCUT2D eigenvalue weighted by molar-refractivity contribution is -0.139. The third-order valence-electron chi connectivity index (χ3n) is 5.88. The van der Waals surface area contributed by atoms with E-state index in [9.17, 15) is 9.59 Å². The van der Waals surface area contributed by atoms with Gasteiger partial charge in [-0.3, -0.25) is 9.36 Å². The number of esters is 1. The summed E-state index contributed by atoms with van der Waals surface area (Å²) < 4.78 is 7.43. The number of aromatic nitrogens is 1. The molecular formula is C27H20Cl2N2O3S. The Morgan fingerprint density at radius 2 is 1.91 bits per heavy atom. The Morgan fingerprint density at radius 1 is 1.14 bits per heavy atom. The Balaban J connectivity index is 1.81. The second-order valence-corrected chi connectivity index (χ2v) is 9.89. The Bertz CT molecular complexity index is 1700. The number of allylic oxidation sites excluding steroid dienone is 1. The predicted molar refractivity (Wildman–Crippen MR) is 141 cm³/mol. The Kier molecular flexibility index (Phi) is 6.36. The van der Waals surface area contributed by atoms with Crippen LogP contribution < -0.4 is 14.9 Å². The normalized spacial score (nSPS) is 15.8. The molecule has 0 N–H and O–H groups in total. The van der Waals surface area contributed by atoms with Gasteiger partial charge in [0.15, 0.2) is 4.80 Å². The molecule has 0 spiro atoms. The maximum Gasteiger partial charge on any atom is 0.338 e. The number of fused-ring (bicyclic) bond motifs is 2. The van der Waals surface area contributed by atoms with E-state index in [2.05, 4.69) is 4.99 Å². The van der Waals surface area contributed by atoms with Crippen LogP contribution in [-0.2, 0) is 9.53 Å². The second kappa shape index (κ2) is 9.46. The molecule has 1 aliphatic heterocycles. The van der Waals surface area contributed by atoms with E-state index in [1.807, 2.05) is 42.5 Å². The summed E-state index contributed by atoms with van der Waals surface area (Å²) >= 11 is 13.6. The maximum absolute atomic E-state index is 13.8. The van der Waals surface area contributed by atoms with E-state index in [0.717, 1.165) is 16.3 Å². The largest absolute Gasteiger partial charge is 0.463 e. The SMILES string of the molecule is CCOC(=O)C1=C(C)N=c2s/c(=C\c3ccc(Cl)cc3Cl)c(=O)n2[C@H]1c1cccc2ccccc12. The molecule has 3 aromatic carbocycles. The van der Waals surface area contributed by atoms with Gasteiger partial charge in [-0.25, -0.2) is 9.79 Å². The molecule has 0 saturated carbocycles. The van der Waals surface area contributed by atoms with Crippen LogP contribution >= 0.6 is 34.5 Å². The minimum absolute atomic E-state index is 0.220. The summed E-state index contributed by atoms with van der Waals surface area (Å²) in [4.78, 5) is 32.1. The van der Waals surface area contributed by atoms with Gasteiger partial charge in [0.05, 0.1) is 28.5 Å². The molecule has 5 rings (SSSR count). The van der Waals surface area contributed by atoms with E-state index < -0.39 is 12.0 Å². The molecule has 0 unspecified atom stereocenters. The first kappa shape index (κ1) is 23.5. The molecule has 5 nitrogen and oxygen atoms in total. The number of halogens is 2. The molecule has 0 radical (unpaired) electrons. The summed E-state index contributed by atoms with van der Waals surface area (Å²) in [5, 5.41) is 2.92. The summed E-state index contributed by atoms with van der Waals surface area (Å²) in [6.45, 7) is 3.75. The van der Waals surface area contributed by atoms with Gasteiger partial charge in [0.1, 0.15) is 0 Å². The van der Waals surface area contributed by atoms with E-state index in [1.54, 1.807) is 42.7 Å². The highest BCUT2D eigenvalue weighted by Gasteiger charge is 2.34. The summed E-state index contributed by atoms with van der Waals surface area (Å²) in [5.74, 6) is -0.485. The summed E-state index contributed by atoms with van der Waals surface area (Å²) in [6.07, 6.45) is 1.73. The summed E-state index contributed by atoms with van der Waals surface area (Å²) in [6, 6.07) is 18.2. The van der Waals surface area contributed by atoms with Gasteiger partial charge in [-0.05, 0) is 54.0 Å². The van der Waals surface area contributed by atoms with Gasteiger partial charge in [-0.15, -0.1) is 0 Å². The van der Waals surface area contributed by atoms with Gasteiger partial charge in [-0.2, -0.15) is 0 Å². The molecule has 4 aromatic rings. The Hall–Kier alpha value is -3.19. The van der Waals surface area contributed by atoms with E-state index in [1.165, 1.54) is 11.3 Å². The van der Waals surface area contributed by atoms with Crippen molar-refractivity contribution in [2.24, 2.45) is 4.99 Å². The minimum Gasteiger partial charge on any atom is -0.463 e. The number of hydrogen-bond donors (Lipinski definition) is 0. The molecule has 0 saturated heterocycles. The lowest BCUT2D eigenvalue weighted by atomic mass is 9.91. The number of hydrogen-bond acceptors (Lipinski definition) is 5. The van der Waals surface area contributed by atoms with E-state index in [4.69, 9.17) is 27.9 Å². The molecule has 0 fully saturated rings. The first-order chi connectivity index (χ1) is 16.9. The molecule has 0 aliphatic carbocycles. The number of nitrogens with zero attached hydrogens (tertiary/aromatic N) is 2. The summed E-state index contributed by atoms with van der Waals surface area (Å²) in [7, 11) is 0. The number of thiazole rings is 1. The number of ether oxygens (including phenoxy) is 1. The number of rotatable bonds is 4. The Morgan fingerprint density at radius 3 is 2.69 bits per heavy atom. The van der Waals surface area contributed by atoms with Gasteiger partial charge in [-0.1, -0.05) is 83.1 Å². The van der Waals surface area contributed by atoms with Crippen LogP contribution in [-0.4, -0.2) is 17.1 Å². The van der Waals surface area contributed by atoms with Crippen molar-refractivity contribution in [1.82, 2.24) is 4.57 Å². The fourth-order valence-electron chi connectivity index (χ4n) is 4.33. The molecule has 0 bridgehead atoms. The van der Waals surface area contributed by atoms with Crippen LogP contribution in [0.3, 0.4) is 0 Å².